The van der Waals surface area contributed by atoms with Gasteiger partial charge in [0, 0.05) is 38.3 Å². The van der Waals surface area contributed by atoms with Crippen LogP contribution < -0.4 is 0 Å². The Balaban J connectivity index is 0.000000353. The predicted octanol–water partition coefficient (Wildman–Crippen LogP) is 1.95. The minimum Gasteiger partial charge on any atom is -0.473 e. The molecule has 29 heavy (non-hydrogen) atoms. The van der Waals surface area contributed by atoms with E-state index in [1.807, 2.05) is 4.90 Å². The van der Waals surface area contributed by atoms with Gasteiger partial charge in [-0.1, -0.05) is 12.2 Å². The highest BCUT2D eigenvalue weighted by Gasteiger charge is 2.36. The maximum Gasteiger partial charge on any atom is 0.414 e. The predicted molar refractivity (Wildman–Crippen MR) is 103 cm³/mol. The zero-order chi connectivity index (χ0) is 21.0. The number of carbonyl (C=O) groups is 3. The van der Waals surface area contributed by atoms with Gasteiger partial charge in [-0.25, -0.2) is 14.0 Å². The molecule has 1 amide bonds. The lowest BCUT2D eigenvalue weighted by molar-refractivity contribution is -0.159. The number of amides is 1. The van der Waals surface area contributed by atoms with Gasteiger partial charge in [-0.05, 0) is 54.9 Å². The van der Waals surface area contributed by atoms with Crippen molar-refractivity contribution in [1.82, 2.24) is 9.80 Å². The minimum absolute atomic E-state index is 0.0208. The van der Waals surface area contributed by atoms with Gasteiger partial charge in [-0.15, -0.1) is 0 Å². The molecule has 8 heteroatoms. The first kappa shape index (κ1) is 21.0. The van der Waals surface area contributed by atoms with E-state index >= 15 is 0 Å². The molecule has 1 aliphatic heterocycles. The molecule has 1 heterocycles. The van der Waals surface area contributed by atoms with Crippen LogP contribution in [-0.4, -0.2) is 70.6 Å². The van der Waals surface area contributed by atoms with Gasteiger partial charge in [0.2, 0.25) is 0 Å². The molecule has 0 spiro atoms. The molecular formula is C21H25FN2O5. The molecule has 2 aliphatic carbocycles. The first-order valence-corrected chi connectivity index (χ1v) is 9.75. The first-order valence-electron chi connectivity index (χ1n) is 9.75. The second kappa shape index (κ2) is 9.17. The van der Waals surface area contributed by atoms with Crippen LogP contribution in [0.3, 0.4) is 0 Å². The van der Waals surface area contributed by atoms with Crippen LogP contribution in [-0.2, 0) is 9.59 Å². The van der Waals surface area contributed by atoms with Crippen molar-refractivity contribution in [3.63, 3.8) is 0 Å². The van der Waals surface area contributed by atoms with Crippen molar-refractivity contribution < 1.29 is 29.0 Å². The lowest BCUT2D eigenvalue weighted by atomic mass is 9.93. The van der Waals surface area contributed by atoms with Crippen LogP contribution in [0.15, 0.2) is 36.4 Å². The van der Waals surface area contributed by atoms with E-state index in [-0.39, 0.29) is 11.7 Å². The number of nitrogens with zero attached hydrogens (tertiary/aromatic N) is 2. The topological polar surface area (TPSA) is 98.1 Å². The summed E-state index contributed by atoms with van der Waals surface area (Å²) in [5, 5.41) is 14.8. The number of aliphatic carboxylic acids is 2. The van der Waals surface area contributed by atoms with E-state index in [1.54, 1.807) is 12.1 Å². The Hall–Kier alpha value is -2.74. The fraction of sp³-hybridized carbons (Fsp3) is 0.476. The minimum atomic E-state index is -1.82. The van der Waals surface area contributed by atoms with Gasteiger partial charge in [0.05, 0.1) is 0 Å². The number of hydrogen-bond donors (Lipinski definition) is 2. The maximum atomic E-state index is 13.0. The zero-order valence-corrected chi connectivity index (χ0v) is 16.0. The number of carboxylic acids is 2. The number of rotatable bonds is 3. The second-order valence-electron chi connectivity index (χ2n) is 7.75. The average molecular weight is 404 g/mol. The van der Waals surface area contributed by atoms with Crippen molar-refractivity contribution in [2.45, 2.75) is 12.8 Å². The molecule has 156 valence electrons. The third kappa shape index (κ3) is 5.41. The number of carbonyl (C=O) groups excluding carboxylic acids is 1. The molecule has 1 aromatic rings. The molecule has 0 radical (unpaired) electrons. The molecule has 3 unspecified atom stereocenters. The quantitative estimate of drug-likeness (QED) is 0.590. The highest BCUT2D eigenvalue weighted by Crippen LogP contribution is 2.43. The fourth-order valence-electron chi connectivity index (χ4n) is 4.34. The molecule has 1 saturated carbocycles. The van der Waals surface area contributed by atoms with Crippen LogP contribution in [0.1, 0.15) is 23.2 Å². The third-order valence-corrected chi connectivity index (χ3v) is 5.84. The first-order chi connectivity index (χ1) is 13.8. The molecule has 3 atom stereocenters. The van der Waals surface area contributed by atoms with Gasteiger partial charge in [-0.3, -0.25) is 9.69 Å². The molecule has 4 rings (SSSR count). The Morgan fingerprint density at radius 1 is 0.931 bits per heavy atom. The molecule has 1 aromatic carbocycles. The number of benzene rings is 1. The third-order valence-electron chi connectivity index (χ3n) is 5.84. The van der Waals surface area contributed by atoms with Crippen molar-refractivity contribution in [3.8, 4) is 0 Å². The molecule has 1 saturated heterocycles. The summed E-state index contributed by atoms with van der Waals surface area (Å²) in [5.41, 5.74) is 0.582. The van der Waals surface area contributed by atoms with E-state index < -0.39 is 11.9 Å². The Morgan fingerprint density at radius 3 is 2.03 bits per heavy atom. The van der Waals surface area contributed by atoms with E-state index in [0.717, 1.165) is 43.9 Å². The van der Waals surface area contributed by atoms with E-state index in [9.17, 15) is 9.18 Å². The molecule has 7 nitrogen and oxygen atoms in total. The van der Waals surface area contributed by atoms with Crippen molar-refractivity contribution in [2.24, 2.45) is 17.8 Å². The SMILES string of the molecule is O=C(O)C(=O)O.O=C(c1ccc(F)cc1)N1CCN(CC2CC3C=CC2C3)CC1. The van der Waals surface area contributed by atoms with Gasteiger partial charge in [0.1, 0.15) is 5.82 Å². The highest BCUT2D eigenvalue weighted by molar-refractivity contribution is 6.27. The van der Waals surface area contributed by atoms with Gasteiger partial charge in [0.25, 0.3) is 5.91 Å². The van der Waals surface area contributed by atoms with E-state index in [0.29, 0.717) is 5.56 Å². The van der Waals surface area contributed by atoms with Crippen LogP contribution in [0.2, 0.25) is 0 Å². The number of halogens is 1. The lowest BCUT2D eigenvalue weighted by Gasteiger charge is -2.37. The van der Waals surface area contributed by atoms with Crippen molar-refractivity contribution >= 4 is 17.8 Å². The maximum absolute atomic E-state index is 13.0. The van der Waals surface area contributed by atoms with Crippen LogP contribution in [0, 0.1) is 23.6 Å². The summed E-state index contributed by atoms with van der Waals surface area (Å²) in [6.45, 7) is 4.61. The van der Waals surface area contributed by atoms with Crippen LogP contribution in [0.5, 0.6) is 0 Å². The summed E-state index contributed by atoms with van der Waals surface area (Å²) < 4.78 is 13.0. The normalized spacial score (nSPS) is 25.4. The molecule has 0 aromatic heterocycles. The Labute approximate surface area is 168 Å². The van der Waals surface area contributed by atoms with Crippen molar-refractivity contribution in [2.75, 3.05) is 32.7 Å². The number of piperazine rings is 1. The smallest absolute Gasteiger partial charge is 0.414 e. The summed E-state index contributed by atoms with van der Waals surface area (Å²) >= 11 is 0. The second-order valence-corrected chi connectivity index (χ2v) is 7.75. The fourth-order valence-corrected chi connectivity index (χ4v) is 4.34. The van der Waals surface area contributed by atoms with E-state index in [4.69, 9.17) is 19.8 Å². The summed E-state index contributed by atoms with van der Waals surface area (Å²) in [4.78, 5) is 35.0. The average Bonchev–Trinajstić information content (AvgIpc) is 3.32. The summed E-state index contributed by atoms with van der Waals surface area (Å²) in [5.74, 6) is -1.50. The summed E-state index contributed by atoms with van der Waals surface area (Å²) in [6, 6.07) is 5.86. The summed E-state index contributed by atoms with van der Waals surface area (Å²) in [7, 11) is 0. The largest absolute Gasteiger partial charge is 0.473 e. The molecular weight excluding hydrogens is 379 g/mol. The van der Waals surface area contributed by atoms with Gasteiger partial charge < -0.3 is 15.1 Å². The van der Waals surface area contributed by atoms with Crippen LogP contribution in [0.25, 0.3) is 0 Å². The Morgan fingerprint density at radius 2 is 1.55 bits per heavy atom. The molecule has 2 N–H and O–H groups in total. The monoisotopic (exact) mass is 404 g/mol. The van der Waals surface area contributed by atoms with E-state index in [2.05, 4.69) is 17.1 Å². The molecule has 2 bridgehead atoms. The Bertz CT molecular complexity index is 775. The Kier molecular flexibility index (Phi) is 6.64. The molecule has 2 fully saturated rings. The number of hydrogen-bond acceptors (Lipinski definition) is 4. The number of fused-ring (bicyclic) bond motifs is 2. The number of allylic oxidation sites excluding steroid dienone is 2. The van der Waals surface area contributed by atoms with Gasteiger partial charge >= 0.3 is 11.9 Å². The summed E-state index contributed by atoms with van der Waals surface area (Å²) in [6.07, 6.45) is 7.50. The lowest BCUT2D eigenvalue weighted by Crippen LogP contribution is -2.50. The van der Waals surface area contributed by atoms with Crippen molar-refractivity contribution in [1.29, 1.82) is 0 Å². The van der Waals surface area contributed by atoms with Crippen molar-refractivity contribution in [3.05, 3.63) is 47.8 Å². The van der Waals surface area contributed by atoms with Gasteiger partial charge in [0.15, 0.2) is 0 Å². The highest BCUT2D eigenvalue weighted by atomic mass is 19.1. The molecule has 3 aliphatic rings. The van der Waals surface area contributed by atoms with E-state index in [1.165, 1.54) is 31.5 Å². The van der Waals surface area contributed by atoms with Crippen LogP contribution in [0.4, 0.5) is 4.39 Å². The van der Waals surface area contributed by atoms with Crippen LogP contribution >= 0.6 is 0 Å². The number of carboxylic acid groups (broad SMARTS) is 2. The zero-order valence-electron chi connectivity index (χ0n) is 16.0. The standard InChI is InChI=1S/C19H23FN2O.C2H2O4/c20-18-5-3-15(4-6-18)19(23)22-9-7-21(8-10-22)13-17-12-14-1-2-16(17)11-14;3-1(4)2(5)6/h1-6,14,16-17H,7-13H2;(H,3,4)(H,5,6). The van der Waals surface area contributed by atoms with Gasteiger partial charge in [-0.2, -0.15) is 0 Å².